The van der Waals surface area contributed by atoms with Gasteiger partial charge in [-0.15, -0.1) is 0 Å². The van der Waals surface area contributed by atoms with Gasteiger partial charge in [0.1, 0.15) is 5.15 Å². The number of fused-ring (bicyclic) bond motifs is 1. The number of hydrogen-bond acceptors (Lipinski definition) is 2. The minimum atomic E-state index is -0.540. The van der Waals surface area contributed by atoms with E-state index in [0.717, 1.165) is 11.3 Å². The molecule has 5 heteroatoms. The second kappa shape index (κ2) is 5.00. The summed E-state index contributed by atoms with van der Waals surface area (Å²) in [6.07, 6.45) is 0. The van der Waals surface area contributed by atoms with Crippen molar-refractivity contribution in [3.05, 3.63) is 57.8 Å². The number of anilines is 1. The molecular weight excluding hydrogens is 307 g/mol. The molecule has 0 fully saturated rings. The quantitative estimate of drug-likeness (QED) is 0.776. The first-order chi connectivity index (χ1) is 9.91. The first-order valence-electron chi connectivity index (χ1n) is 6.63. The average Bonchev–Trinajstić information content (AvgIpc) is 2.65. The monoisotopic (exact) mass is 320 g/mol. The van der Waals surface area contributed by atoms with Gasteiger partial charge in [0.05, 0.1) is 22.7 Å². The standard InChI is InChI=1S/C16H14Cl2N2O/c1-16(2)10-5-3-4-6-13(10)20(15(16)21)9-12-11(17)7-8-14(18)19-12/h3-8H,9H2,1-2H3. The number of pyridine rings is 1. The zero-order chi connectivity index (χ0) is 15.2. The normalized spacial score (nSPS) is 16.2. The second-order valence-electron chi connectivity index (χ2n) is 5.60. The fraction of sp³-hybridized carbons (Fsp3) is 0.250. The molecule has 0 saturated heterocycles. The molecule has 3 rings (SSSR count). The average molecular weight is 321 g/mol. The van der Waals surface area contributed by atoms with E-state index in [1.54, 1.807) is 17.0 Å². The number of hydrogen-bond donors (Lipinski definition) is 0. The fourth-order valence-corrected chi connectivity index (χ4v) is 3.00. The molecule has 0 radical (unpaired) electrons. The first kappa shape index (κ1) is 14.4. The van der Waals surface area contributed by atoms with Gasteiger partial charge in [-0.3, -0.25) is 4.79 Å². The van der Waals surface area contributed by atoms with Gasteiger partial charge in [0.2, 0.25) is 5.91 Å². The lowest BCUT2D eigenvalue weighted by Crippen LogP contribution is -2.36. The van der Waals surface area contributed by atoms with Crippen LogP contribution in [0.1, 0.15) is 25.1 Å². The molecule has 2 heterocycles. The summed E-state index contributed by atoms with van der Waals surface area (Å²) in [7, 11) is 0. The number of nitrogens with zero attached hydrogens (tertiary/aromatic N) is 2. The van der Waals surface area contributed by atoms with Gasteiger partial charge in [-0.25, -0.2) is 4.98 Å². The van der Waals surface area contributed by atoms with E-state index < -0.39 is 5.41 Å². The lowest BCUT2D eigenvalue weighted by atomic mass is 9.86. The van der Waals surface area contributed by atoms with Crippen LogP contribution in [0.3, 0.4) is 0 Å². The van der Waals surface area contributed by atoms with Crippen LogP contribution in [0.5, 0.6) is 0 Å². The highest BCUT2D eigenvalue weighted by molar-refractivity contribution is 6.32. The summed E-state index contributed by atoms with van der Waals surface area (Å²) in [5, 5.41) is 0.878. The van der Waals surface area contributed by atoms with Crippen LogP contribution < -0.4 is 4.90 Å². The van der Waals surface area contributed by atoms with Gasteiger partial charge in [-0.1, -0.05) is 41.4 Å². The molecule has 1 aromatic carbocycles. The summed E-state index contributed by atoms with van der Waals surface area (Å²) in [4.78, 5) is 18.7. The highest BCUT2D eigenvalue weighted by atomic mass is 35.5. The molecule has 1 amide bonds. The molecule has 0 aliphatic carbocycles. The largest absolute Gasteiger partial charge is 0.305 e. The van der Waals surface area contributed by atoms with Crippen molar-refractivity contribution in [1.82, 2.24) is 4.98 Å². The Hall–Kier alpha value is -1.58. The van der Waals surface area contributed by atoms with Crippen LogP contribution in [-0.4, -0.2) is 10.9 Å². The van der Waals surface area contributed by atoms with E-state index >= 15 is 0 Å². The number of carbonyl (C=O) groups is 1. The summed E-state index contributed by atoms with van der Waals surface area (Å²) in [6, 6.07) is 11.1. The van der Waals surface area contributed by atoms with Gasteiger partial charge in [0.15, 0.2) is 0 Å². The molecule has 0 spiro atoms. The SMILES string of the molecule is CC1(C)C(=O)N(Cc2nc(Cl)ccc2Cl)c2ccccc21. The Kier molecular flexibility index (Phi) is 3.42. The molecule has 2 aromatic rings. The summed E-state index contributed by atoms with van der Waals surface area (Å²) >= 11 is 12.1. The lowest BCUT2D eigenvalue weighted by molar-refractivity contribution is -0.122. The Labute approximate surface area is 133 Å². The molecule has 1 aliphatic rings. The smallest absolute Gasteiger partial charge is 0.237 e. The number of halogens is 2. The van der Waals surface area contributed by atoms with Gasteiger partial charge in [0.25, 0.3) is 0 Å². The predicted molar refractivity (Wildman–Crippen MR) is 84.9 cm³/mol. The molecule has 0 atom stereocenters. The van der Waals surface area contributed by atoms with Gasteiger partial charge in [0, 0.05) is 5.69 Å². The number of amides is 1. The summed E-state index contributed by atoms with van der Waals surface area (Å²) < 4.78 is 0. The zero-order valence-corrected chi connectivity index (χ0v) is 13.2. The third kappa shape index (κ3) is 2.30. The van der Waals surface area contributed by atoms with Crippen molar-refractivity contribution in [2.75, 3.05) is 4.90 Å². The fourth-order valence-electron chi connectivity index (χ4n) is 2.67. The van der Waals surface area contributed by atoms with Crippen LogP contribution in [0.25, 0.3) is 0 Å². The lowest BCUT2D eigenvalue weighted by Gasteiger charge is -2.20. The molecule has 1 aromatic heterocycles. The summed E-state index contributed by atoms with van der Waals surface area (Å²) in [5.41, 5.74) is 1.99. The molecule has 3 nitrogen and oxygen atoms in total. The van der Waals surface area contributed by atoms with Crippen molar-refractivity contribution >= 4 is 34.8 Å². The molecule has 108 valence electrons. The predicted octanol–water partition coefficient (Wildman–Crippen LogP) is 4.21. The minimum absolute atomic E-state index is 0.0431. The maximum absolute atomic E-state index is 12.7. The maximum Gasteiger partial charge on any atom is 0.237 e. The summed E-state index contributed by atoms with van der Waals surface area (Å²) in [6.45, 7) is 4.18. The van der Waals surface area contributed by atoms with Crippen LogP contribution in [-0.2, 0) is 16.8 Å². The van der Waals surface area contributed by atoms with E-state index in [0.29, 0.717) is 22.4 Å². The van der Waals surface area contributed by atoms with Crippen molar-refractivity contribution in [3.63, 3.8) is 0 Å². The van der Waals surface area contributed by atoms with Gasteiger partial charge in [-0.2, -0.15) is 0 Å². The molecule has 21 heavy (non-hydrogen) atoms. The maximum atomic E-state index is 12.7. The van der Waals surface area contributed by atoms with Crippen molar-refractivity contribution in [1.29, 1.82) is 0 Å². The van der Waals surface area contributed by atoms with E-state index in [2.05, 4.69) is 4.98 Å². The van der Waals surface area contributed by atoms with E-state index in [4.69, 9.17) is 23.2 Å². The molecular formula is C16H14Cl2N2O. The van der Waals surface area contributed by atoms with E-state index in [1.807, 2.05) is 38.1 Å². The van der Waals surface area contributed by atoms with Crippen LogP contribution in [0.4, 0.5) is 5.69 Å². The van der Waals surface area contributed by atoms with Crippen molar-refractivity contribution < 1.29 is 4.79 Å². The number of rotatable bonds is 2. The second-order valence-corrected chi connectivity index (χ2v) is 6.39. The Bertz CT molecular complexity index is 728. The molecule has 0 saturated carbocycles. The van der Waals surface area contributed by atoms with Crippen LogP contribution in [0.15, 0.2) is 36.4 Å². The highest BCUT2D eigenvalue weighted by Gasteiger charge is 2.43. The Balaban J connectivity index is 2.04. The molecule has 1 aliphatic heterocycles. The van der Waals surface area contributed by atoms with Crippen LogP contribution in [0, 0.1) is 0 Å². The molecule has 0 bridgehead atoms. The highest BCUT2D eigenvalue weighted by Crippen LogP contribution is 2.42. The Morgan fingerprint density at radius 2 is 1.86 bits per heavy atom. The number of aromatic nitrogens is 1. The summed E-state index contributed by atoms with van der Waals surface area (Å²) in [5.74, 6) is 0.0431. The molecule has 0 unspecified atom stereocenters. The number of para-hydroxylation sites is 1. The third-order valence-corrected chi connectivity index (χ3v) is 4.40. The Morgan fingerprint density at radius 3 is 2.62 bits per heavy atom. The first-order valence-corrected chi connectivity index (χ1v) is 7.39. The minimum Gasteiger partial charge on any atom is -0.305 e. The van der Waals surface area contributed by atoms with Gasteiger partial charge >= 0.3 is 0 Å². The van der Waals surface area contributed by atoms with Crippen LogP contribution >= 0.6 is 23.2 Å². The van der Waals surface area contributed by atoms with Gasteiger partial charge < -0.3 is 4.90 Å². The number of benzene rings is 1. The van der Waals surface area contributed by atoms with E-state index in [-0.39, 0.29) is 5.91 Å². The van der Waals surface area contributed by atoms with Gasteiger partial charge in [-0.05, 0) is 37.6 Å². The Morgan fingerprint density at radius 1 is 1.14 bits per heavy atom. The molecule has 0 N–H and O–H groups in total. The zero-order valence-electron chi connectivity index (χ0n) is 11.7. The van der Waals surface area contributed by atoms with Crippen LogP contribution in [0.2, 0.25) is 10.2 Å². The van der Waals surface area contributed by atoms with Crippen molar-refractivity contribution in [3.8, 4) is 0 Å². The van der Waals surface area contributed by atoms with E-state index in [9.17, 15) is 4.79 Å². The van der Waals surface area contributed by atoms with Crippen molar-refractivity contribution in [2.45, 2.75) is 25.8 Å². The van der Waals surface area contributed by atoms with Crippen molar-refractivity contribution in [2.24, 2.45) is 0 Å². The van der Waals surface area contributed by atoms with E-state index in [1.165, 1.54) is 0 Å². The topological polar surface area (TPSA) is 33.2 Å². The number of carbonyl (C=O) groups excluding carboxylic acids is 1. The third-order valence-electron chi connectivity index (χ3n) is 3.84.